The van der Waals surface area contributed by atoms with Gasteiger partial charge in [0.1, 0.15) is 60.4 Å². The van der Waals surface area contributed by atoms with Crippen molar-refractivity contribution in [2.45, 2.75) is 198 Å². The summed E-state index contributed by atoms with van der Waals surface area (Å²) in [5, 5.41) is 49.7. The molecule has 512 valence electrons. The molecule has 25 N–H and O–H groups in total. The van der Waals surface area contributed by atoms with Crippen molar-refractivity contribution < 1.29 is 80.5 Å². The van der Waals surface area contributed by atoms with Crippen molar-refractivity contribution in [3.05, 3.63) is 35.9 Å². The molecule has 0 saturated carbocycles. The number of carbonyl (C=O) groups is 11. The molecule has 1 aliphatic rings. The zero-order chi connectivity index (χ0) is 68.3. The predicted molar refractivity (Wildman–Crippen MR) is 330 cm³/mol. The van der Waals surface area contributed by atoms with Crippen molar-refractivity contribution in [2.24, 2.45) is 40.5 Å². The highest BCUT2D eigenvalue weighted by Gasteiger charge is 2.37. The first-order valence-corrected chi connectivity index (χ1v) is 31.6. The topological polar surface area (TPSA) is 565 Å². The van der Waals surface area contributed by atoms with Crippen molar-refractivity contribution >= 4 is 75.4 Å². The summed E-state index contributed by atoms with van der Waals surface area (Å²) in [4.78, 5) is 154. The summed E-state index contributed by atoms with van der Waals surface area (Å²) in [6.07, 6.45) is -1.05. The van der Waals surface area contributed by atoms with Crippen molar-refractivity contribution in [1.29, 1.82) is 0 Å². The number of hydrogen-bond donors (Lipinski definition) is 20. The first-order chi connectivity index (χ1) is 42.3. The molecule has 0 spiro atoms. The maximum atomic E-state index is 14.5. The molecule has 0 radical (unpaired) electrons. The largest absolute Gasteiger partial charge is 0.394 e. The fraction of sp³-hybridized carbons (Fsp3) is 0.696. The molecule has 90 heavy (non-hydrogen) atoms. The van der Waals surface area contributed by atoms with Crippen LogP contribution in [0.5, 0.6) is 0 Å². The van der Waals surface area contributed by atoms with Gasteiger partial charge in [0.2, 0.25) is 65.0 Å². The molecular formula is C56H100N16O17S. The quantitative estimate of drug-likeness (QED) is 0.0262. The van der Waals surface area contributed by atoms with E-state index in [9.17, 15) is 63.0 Å². The van der Waals surface area contributed by atoms with Crippen LogP contribution in [0, 0.1) is 11.8 Å². The lowest BCUT2D eigenvalue weighted by molar-refractivity contribution is -0.137. The second-order valence-electron chi connectivity index (χ2n) is 22.5. The Morgan fingerprint density at radius 2 is 1.04 bits per heavy atom. The van der Waals surface area contributed by atoms with E-state index in [2.05, 4.69) is 72.3 Å². The number of hydrogen-bond acceptors (Lipinski definition) is 20. The van der Waals surface area contributed by atoms with Gasteiger partial charge in [-0.1, -0.05) is 77.3 Å². The van der Waals surface area contributed by atoms with E-state index in [0.29, 0.717) is 17.9 Å². The van der Waals surface area contributed by atoms with Crippen LogP contribution < -0.4 is 87.2 Å². The van der Waals surface area contributed by atoms with E-state index in [0.717, 1.165) is 19.3 Å². The van der Waals surface area contributed by atoms with Gasteiger partial charge in [0.25, 0.3) is 0 Å². The third kappa shape index (κ3) is 32.1. The number of rotatable bonds is 29. The standard InChI is InChI=1S/C56H98N16O13.H2O4S/c1-7-32(4)13-11-12-16-44(75)63-36(17-23-57)51(80)72-46(34(6)74)56(85)68-39(20-26-60)48(77)67-41-22-28-62-55(84)45(33(5)73)71-52(81)40(21-27-61)65-47(76)37(18-24-58)66-53(82)42(29-31(2)3)69-54(83)43(30-35-14-9-8-10-15-35)70-49(78)38(19-25-59)64-50(41)79;1-5(2,3)4/h8-10,14-15,31-34,36-43,45-46,73-74H,7,11-13,16-30,57-61H2,1-6H3,(H,62,84)(H,63,75)(H,64,79)(H,65,76)(H,66,82)(H,67,77)(H,68,85)(H,69,83)(H,70,78)(H,71,81)(H,72,80);(H2,1,2,3,4)/t32?,33-,34-,36+,37+,38+,39+,40+,41+,42+,43-,45+,46+;/m1./s1. The monoisotopic (exact) mass is 1300 g/mol. The smallest absolute Gasteiger partial charge is 0.391 e. The van der Waals surface area contributed by atoms with E-state index in [1.807, 2.05) is 0 Å². The molecule has 1 fully saturated rings. The van der Waals surface area contributed by atoms with Crippen LogP contribution in [-0.4, -0.2) is 205 Å². The highest BCUT2D eigenvalue weighted by molar-refractivity contribution is 7.79. The summed E-state index contributed by atoms with van der Waals surface area (Å²) < 4.78 is 31.6. The van der Waals surface area contributed by atoms with Gasteiger partial charge in [0.15, 0.2) is 0 Å². The molecule has 1 unspecified atom stereocenters. The van der Waals surface area contributed by atoms with E-state index in [1.54, 1.807) is 44.2 Å². The van der Waals surface area contributed by atoms with Crippen LogP contribution in [0.1, 0.15) is 124 Å². The molecule has 0 bridgehead atoms. The third-order valence-electron chi connectivity index (χ3n) is 14.3. The summed E-state index contributed by atoms with van der Waals surface area (Å²) >= 11 is 0. The number of benzene rings is 1. The van der Waals surface area contributed by atoms with Gasteiger partial charge in [-0.25, -0.2) is 0 Å². The number of carbonyl (C=O) groups excluding carboxylic acids is 11. The van der Waals surface area contributed by atoms with Gasteiger partial charge in [-0.2, -0.15) is 8.42 Å². The second kappa shape index (κ2) is 42.9. The number of nitrogens with one attached hydrogen (secondary N) is 11. The lowest BCUT2D eigenvalue weighted by atomic mass is 10.00. The molecule has 0 aliphatic carbocycles. The van der Waals surface area contributed by atoms with Crippen LogP contribution in [0.3, 0.4) is 0 Å². The van der Waals surface area contributed by atoms with Crippen molar-refractivity contribution in [3.8, 4) is 0 Å². The number of aliphatic hydroxyl groups excluding tert-OH is 2. The zero-order valence-electron chi connectivity index (χ0n) is 52.3. The highest BCUT2D eigenvalue weighted by Crippen LogP contribution is 2.14. The minimum Gasteiger partial charge on any atom is -0.391 e. The van der Waals surface area contributed by atoms with Gasteiger partial charge in [-0.15, -0.1) is 0 Å². The minimum absolute atomic E-state index is 0.0173. The fourth-order valence-corrected chi connectivity index (χ4v) is 9.12. The van der Waals surface area contributed by atoms with Gasteiger partial charge in [0.05, 0.1) is 12.2 Å². The maximum absolute atomic E-state index is 14.5. The Labute approximate surface area is 525 Å². The van der Waals surface area contributed by atoms with Crippen LogP contribution >= 0.6 is 0 Å². The van der Waals surface area contributed by atoms with E-state index >= 15 is 0 Å². The van der Waals surface area contributed by atoms with E-state index < -0.39 is 161 Å². The summed E-state index contributed by atoms with van der Waals surface area (Å²) in [7, 11) is -4.67. The lowest BCUT2D eigenvalue weighted by Gasteiger charge is -2.29. The third-order valence-corrected chi connectivity index (χ3v) is 14.3. The SMILES string of the molecule is CCC(C)CCCCC(=O)N[C@@H](CCN)C(=O)N[C@H](C(=O)N[C@@H](CCN)C(=O)N[C@H]1CCNC(=O)[C@H]([C@@H](C)O)NC(=O)[C@H](CCN)NC(=O)[C@H](CCN)NC(=O)[C@H](CC(C)C)NC(=O)[C@@H](Cc2ccccc2)NC(=O)[C@H](CCN)NC1=O)[C@@H](C)O.O=S(=O)(O)O. The minimum atomic E-state index is -4.67. The average Bonchev–Trinajstić information content (AvgIpc) is 1.33. The van der Waals surface area contributed by atoms with Crippen LogP contribution in [-0.2, 0) is 69.6 Å². The molecule has 1 aromatic carbocycles. The molecule has 1 saturated heterocycles. The van der Waals surface area contributed by atoms with Gasteiger partial charge in [-0.3, -0.25) is 61.8 Å². The van der Waals surface area contributed by atoms with E-state index in [1.165, 1.54) is 13.8 Å². The Morgan fingerprint density at radius 3 is 1.52 bits per heavy atom. The van der Waals surface area contributed by atoms with Crippen LogP contribution in [0.4, 0.5) is 0 Å². The Kier molecular flexibility index (Phi) is 38.6. The number of nitrogens with two attached hydrogens (primary N) is 5. The molecule has 34 heteroatoms. The fourth-order valence-electron chi connectivity index (χ4n) is 9.12. The number of amides is 11. The number of aliphatic hydroxyl groups is 2. The van der Waals surface area contributed by atoms with Gasteiger partial charge >= 0.3 is 10.4 Å². The maximum Gasteiger partial charge on any atom is 0.394 e. The van der Waals surface area contributed by atoms with Gasteiger partial charge in [0, 0.05) is 19.4 Å². The second-order valence-corrected chi connectivity index (χ2v) is 23.4. The van der Waals surface area contributed by atoms with E-state index in [-0.39, 0.29) is 90.0 Å². The summed E-state index contributed by atoms with van der Waals surface area (Å²) in [6.45, 7) is 9.00. The first kappa shape index (κ1) is 81.0. The Balaban J connectivity index is 0.00000776. The molecule has 13 atom stereocenters. The predicted octanol–water partition coefficient (Wildman–Crippen LogP) is -5.90. The Hall–Kier alpha value is -7.02. The number of unbranched alkanes of at least 4 members (excludes halogenated alkanes) is 1. The van der Waals surface area contributed by atoms with Crippen LogP contribution in [0.2, 0.25) is 0 Å². The molecule has 2 rings (SSSR count). The molecule has 11 amide bonds. The Morgan fingerprint density at radius 1 is 0.578 bits per heavy atom. The molecule has 1 aromatic rings. The van der Waals surface area contributed by atoms with Crippen LogP contribution in [0.25, 0.3) is 0 Å². The van der Waals surface area contributed by atoms with Gasteiger partial charge < -0.3 is 97.4 Å². The summed E-state index contributed by atoms with van der Waals surface area (Å²) in [6, 6.07) is -6.23. The zero-order valence-corrected chi connectivity index (χ0v) is 53.1. The lowest BCUT2D eigenvalue weighted by Crippen LogP contribution is -2.62. The summed E-state index contributed by atoms with van der Waals surface area (Å²) in [5.41, 5.74) is 29.9. The average molecular weight is 1300 g/mol. The van der Waals surface area contributed by atoms with Crippen LogP contribution in [0.15, 0.2) is 30.3 Å². The molecule has 1 aliphatic heterocycles. The first-order valence-electron chi connectivity index (χ1n) is 30.2. The van der Waals surface area contributed by atoms with Crippen molar-refractivity contribution in [1.82, 2.24) is 58.5 Å². The molecular weight excluding hydrogens is 1200 g/mol. The molecule has 0 aromatic heterocycles. The molecule has 1 heterocycles. The summed E-state index contributed by atoms with van der Waals surface area (Å²) in [5.74, 6) is -9.45. The molecule has 33 nitrogen and oxygen atoms in total. The van der Waals surface area contributed by atoms with E-state index in [4.69, 9.17) is 46.2 Å². The van der Waals surface area contributed by atoms with Gasteiger partial charge in [-0.05, 0) is 115 Å². The normalized spacial score (nSPS) is 22.3. The Bertz CT molecular complexity index is 2560. The van der Waals surface area contributed by atoms with Crippen molar-refractivity contribution in [2.75, 3.05) is 39.3 Å². The van der Waals surface area contributed by atoms with Crippen molar-refractivity contribution in [3.63, 3.8) is 0 Å². The highest BCUT2D eigenvalue weighted by atomic mass is 32.3.